The number of halogens is 2. The molecule has 2 fully saturated rings. The summed E-state index contributed by atoms with van der Waals surface area (Å²) in [7, 11) is 0. The Hall–Kier alpha value is -1.40. The molecule has 0 radical (unpaired) electrons. The van der Waals surface area contributed by atoms with Crippen LogP contribution in [0.15, 0.2) is 12.3 Å². The number of rotatable bonds is 1. The van der Waals surface area contributed by atoms with Crippen LogP contribution in [0, 0.1) is 11.2 Å². The van der Waals surface area contributed by atoms with Gasteiger partial charge in [-0.1, -0.05) is 11.6 Å². The van der Waals surface area contributed by atoms with Gasteiger partial charge in [0.2, 0.25) is 0 Å². The highest BCUT2D eigenvalue weighted by molar-refractivity contribution is 6.29. The Balaban J connectivity index is 1.67. The van der Waals surface area contributed by atoms with E-state index in [2.05, 4.69) is 10.3 Å². The van der Waals surface area contributed by atoms with E-state index < -0.39 is 5.82 Å². The van der Waals surface area contributed by atoms with Gasteiger partial charge in [0.15, 0.2) is 11.0 Å². The van der Waals surface area contributed by atoms with E-state index in [1.54, 1.807) is 4.90 Å². The number of urea groups is 1. The van der Waals surface area contributed by atoms with Crippen molar-refractivity contribution in [1.82, 2.24) is 9.88 Å². The Morgan fingerprint density at radius 3 is 3.05 bits per heavy atom. The molecule has 108 valence electrons. The van der Waals surface area contributed by atoms with Gasteiger partial charge in [-0.3, -0.25) is 0 Å². The van der Waals surface area contributed by atoms with Crippen LogP contribution in [-0.4, -0.2) is 42.2 Å². The van der Waals surface area contributed by atoms with Crippen molar-refractivity contribution >= 4 is 23.3 Å². The first-order valence-electron chi connectivity index (χ1n) is 6.53. The van der Waals surface area contributed by atoms with E-state index in [-0.39, 0.29) is 16.6 Å². The predicted octanol–water partition coefficient (Wildman–Crippen LogP) is 2.52. The predicted molar refractivity (Wildman–Crippen MR) is 72.3 cm³/mol. The van der Waals surface area contributed by atoms with Crippen molar-refractivity contribution in [3.8, 4) is 0 Å². The van der Waals surface area contributed by atoms with Gasteiger partial charge in [-0.05, 0) is 12.8 Å². The molecule has 0 bridgehead atoms. The topological polar surface area (TPSA) is 54.5 Å². The summed E-state index contributed by atoms with van der Waals surface area (Å²) >= 11 is 5.51. The Kier molecular flexibility index (Phi) is 3.52. The number of pyridine rings is 1. The molecular formula is C13H15ClFN3O2. The van der Waals surface area contributed by atoms with E-state index >= 15 is 0 Å². The van der Waals surface area contributed by atoms with Gasteiger partial charge in [0.25, 0.3) is 0 Å². The van der Waals surface area contributed by atoms with E-state index in [4.69, 9.17) is 16.3 Å². The van der Waals surface area contributed by atoms with Gasteiger partial charge in [-0.25, -0.2) is 14.2 Å². The van der Waals surface area contributed by atoms with Crippen LogP contribution in [-0.2, 0) is 4.74 Å². The number of hydrogen-bond acceptors (Lipinski definition) is 3. The third-order valence-electron chi connectivity index (χ3n) is 3.73. The molecule has 1 N–H and O–H groups in total. The Morgan fingerprint density at radius 2 is 2.35 bits per heavy atom. The number of carbonyl (C=O) groups is 1. The quantitative estimate of drug-likeness (QED) is 0.811. The van der Waals surface area contributed by atoms with Crippen molar-refractivity contribution in [3.05, 3.63) is 23.2 Å². The summed E-state index contributed by atoms with van der Waals surface area (Å²) in [6.07, 6.45) is 3.52. The maximum absolute atomic E-state index is 13.3. The summed E-state index contributed by atoms with van der Waals surface area (Å²) in [5.41, 5.74) is 0.434. The van der Waals surface area contributed by atoms with Crippen LogP contribution in [0.3, 0.4) is 0 Å². The highest BCUT2D eigenvalue weighted by atomic mass is 35.5. The Labute approximate surface area is 121 Å². The van der Waals surface area contributed by atoms with Gasteiger partial charge >= 0.3 is 6.03 Å². The average Bonchev–Trinajstić information content (AvgIpc) is 3.21. The Morgan fingerprint density at radius 1 is 1.55 bits per heavy atom. The molecule has 7 heteroatoms. The number of aromatic nitrogens is 1. The van der Waals surface area contributed by atoms with Gasteiger partial charge < -0.3 is 15.0 Å². The van der Waals surface area contributed by atoms with E-state index in [1.165, 1.54) is 6.20 Å². The maximum Gasteiger partial charge on any atom is 0.321 e. The second-order valence-electron chi connectivity index (χ2n) is 5.40. The fourth-order valence-corrected chi connectivity index (χ4v) is 2.44. The average molecular weight is 300 g/mol. The van der Waals surface area contributed by atoms with Crippen molar-refractivity contribution in [3.63, 3.8) is 0 Å². The number of ether oxygens (including phenoxy) is 1. The number of carbonyl (C=O) groups excluding carboxylic acids is 1. The van der Waals surface area contributed by atoms with E-state index in [0.717, 1.165) is 18.9 Å². The molecule has 20 heavy (non-hydrogen) atoms. The lowest BCUT2D eigenvalue weighted by Crippen LogP contribution is -2.39. The third-order valence-corrected chi connectivity index (χ3v) is 4.01. The molecule has 1 aromatic heterocycles. The van der Waals surface area contributed by atoms with Crippen molar-refractivity contribution in [2.45, 2.75) is 12.8 Å². The first kappa shape index (κ1) is 13.6. The second-order valence-corrected chi connectivity index (χ2v) is 5.76. The molecule has 5 nitrogen and oxygen atoms in total. The van der Waals surface area contributed by atoms with Gasteiger partial charge in [-0.15, -0.1) is 0 Å². The zero-order chi connectivity index (χ0) is 14.2. The molecule has 1 aliphatic heterocycles. The number of nitrogens with zero attached hydrogens (tertiary/aromatic N) is 2. The van der Waals surface area contributed by atoms with Crippen LogP contribution in [0.1, 0.15) is 12.8 Å². The van der Waals surface area contributed by atoms with Crippen LogP contribution < -0.4 is 5.32 Å². The Bertz CT molecular complexity index is 536. The highest BCUT2D eigenvalue weighted by Crippen LogP contribution is 2.47. The minimum Gasteiger partial charge on any atom is -0.379 e. The lowest BCUT2D eigenvalue weighted by Gasteiger charge is -2.23. The van der Waals surface area contributed by atoms with Crippen molar-refractivity contribution < 1.29 is 13.9 Å². The first-order valence-corrected chi connectivity index (χ1v) is 6.91. The lowest BCUT2D eigenvalue weighted by molar-refractivity contribution is 0.115. The van der Waals surface area contributed by atoms with E-state index in [1.807, 2.05) is 0 Å². The van der Waals surface area contributed by atoms with Crippen LogP contribution in [0.2, 0.25) is 5.15 Å². The summed E-state index contributed by atoms with van der Waals surface area (Å²) in [6, 6.07) is 0.902. The summed E-state index contributed by atoms with van der Waals surface area (Å²) < 4.78 is 18.8. The fraction of sp³-hybridized carbons (Fsp3) is 0.538. The zero-order valence-corrected chi connectivity index (χ0v) is 11.6. The number of amides is 2. The van der Waals surface area contributed by atoms with Gasteiger partial charge in [0.05, 0.1) is 25.1 Å². The molecule has 1 aliphatic carbocycles. The molecule has 1 saturated carbocycles. The van der Waals surface area contributed by atoms with E-state index in [9.17, 15) is 9.18 Å². The van der Waals surface area contributed by atoms with Crippen molar-refractivity contribution in [1.29, 1.82) is 0 Å². The lowest BCUT2D eigenvalue weighted by atomic mass is 10.1. The van der Waals surface area contributed by atoms with Gasteiger partial charge in [-0.2, -0.15) is 0 Å². The summed E-state index contributed by atoms with van der Waals surface area (Å²) in [5.74, 6) is -0.651. The van der Waals surface area contributed by atoms with Crippen molar-refractivity contribution in [2.75, 3.05) is 31.6 Å². The van der Waals surface area contributed by atoms with Crippen LogP contribution >= 0.6 is 11.6 Å². The molecule has 1 spiro atoms. The molecule has 0 unspecified atom stereocenters. The van der Waals surface area contributed by atoms with Crippen LogP contribution in [0.4, 0.5) is 14.9 Å². The monoisotopic (exact) mass is 299 g/mol. The van der Waals surface area contributed by atoms with Crippen molar-refractivity contribution in [2.24, 2.45) is 5.41 Å². The number of anilines is 1. The zero-order valence-electron chi connectivity index (χ0n) is 10.9. The normalized spacial score (nSPS) is 20.6. The number of hydrogen-bond donors (Lipinski definition) is 1. The minimum absolute atomic E-state index is 0.136. The number of nitrogens with one attached hydrogen (secondary N) is 1. The molecule has 1 saturated heterocycles. The standard InChI is InChI=1S/C13H15ClFN3O2/c14-11-10(15)5-9(6-16-11)17-12(19)18-3-4-20-8-13(7-18)1-2-13/h5-6H,1-4,7-8H2,(H,17,19). The first-order chi connectivity index (χ1) is 9.58. The molecular weight excluding hydrogens is 285 g/mol. The van der Waals surface area contributed by atoms with Crippen LogP contribution in [0.5, 0.6) is 0 Å². The van der Waals surface area contributed by atoms with Crippen LogP contribution in [0.25, 0.3) is 0 Å². The molecule has 2 heterocycles. The molecule has 2 amide bonds. The minimum atomic E-state index is -0.651. The SMILES string of the molecule is O=C(Nc1cnc(Cl)c(F)c1)N1CCOCC2(CC2)C1. The summed E-state index contributed by atoms with van der Waals surface area (Å²) in [4.78, 5) is 17.6. The molecule has 2 aliphatic rings. The molecule has 1 aromatic rings. The molecule has 3 rings (SSSR count). The van der Waals surface area contributed by atoms with Gasteiger partial charge in [0, 0.05) is 24.6 Å². The highest BCUT2D eigenvalue weighted by Gasteiger charge is 2.46. The van der Waals surface area contributed by atoms with Gasteiger partial charge in [0.1, 0.15) is 0 Å². The molecule has 0 aromatic carbocycles. The van der Waals surface area contributed by atoms with E-state index in [0.29, 0.717) is 32.0 Å². The smallest absolute Gasteiger partial charge is 0.321 e. The summed E-state index contributed by atoms with van der Waals surface area (Å²) in [5, 5.41) is 2.44. The maximum atomic E-state index is 13.3. The molecule has 0 atom stereocenters. The summed E-state index contributed by atoms with van der Waals surface area (Å²) in [6.45, 7) is 2.47. The second kappa shape index (κ2) is 5.18. The largest absolute Gasteiger partial charge is 0.379 e. The third kappa shape index (κ3) is 2.86. The fourth-order valence-electron chi connectivity index (χ4n) is 2.34.